The SMILES string of the molecule is COc1ccc([C@H](CC(F)F)N2CCNCC2)cc1F. The summed E-state index contributed by atoms with van der Waals surface area (Å²) in [5.41, 5.74) is 0.575. The van der Waals surface area contributed by atoms with Gasteiger partial charge in [0.25, 0.3) is 0 Å². The number of alkyl halides is 2. The molecular formula is C14H19F3N2O. The number of hydrogen-bond donors (Lipinski definition) is 1. The van der Waals surface area contributed by atoms with Gasteiger partial charge in [0.1, 0.15) is 0 Å². The quantitative estimate of drug-likeness (QED) is 0.900. The fourth-order valence-corrected chi connectivity index (χ4v) is 2.55. The molecule has 0 amide bonds. The lowest BCUT2D eigenvalue weighted by molar-refractivity contribution is 0.0737. The normalized spacial score (nSPS) is 18.2. The van der Waals surface area contributed by atoms with E-state index in [1.165, 1.54) is 19.2 Å². The van der Waals surface area contributed by atoms with E-state index in [9.17, 15) is 13.2 Å². The zero-order valence-corrected chi connectivity index (χ0v) is 11.4. The van der Waals surface area contributed by atoms with E-state index < -0.39 is 18.3 Å². The molecule has 1 aliphatic heterocycles. The van der Waals surface area contributed by atoms with E-state index in [2.05, 4.69) is 5.32 Å². The van der Waals surface area contributed by atoms with E-state index in [1.807, 2.05) is 4.90 Å². The Morgan fingerprint density at radius 2 is 2.00 bits per heavy atom. The molecule has 2 rings (SSSR count). The van der Waals surface area contributed by atoms with Crippen LogP contribution in [0.3, 0.4) is 0 Å². The molecule has 1 heterocycles. The number of methoxy groups -OCH3 is 1. The highest BCUT2D eigenvalue weighted by molar-refractivity contribution is 5.31. The predicted molar refractivity (Wildman–Crippen MR) is 70.8 cm³/mol. The van der Waals surface area contributed by atoms with Gasteiger partial charge in [-0.05, 0) is 17.7 Å². The molecule has 0 unspecified atom stereocenters. The first-order valence-electron chi connectivity index (χ1n) is 6.68. The monoisotopic (exact) mass is 288 g/mol. The molecule has 1 N–H and O–H groups in total. The van der Waals surface area contributed by atoms with Crippen LogP contribution >= 0.6 is 0 Å². The number of halogens is 3. The fraction of sp³-hybridized carbons (Fsp3) is 0.571. The lowest BCUT2D eigenvalue weighted by atomic mass is 10.0. The molecule has 1 saturated heterocycles. The fourth-order valence-electron chi connectivity index (χ4n) is 2.55. The highest BCUT2D eigenvalue weighted by Gasteiger charge is 2.26. The first-order valence-corrected chi connectivity index (χ1v) is 6.68. The van der Waals surface area contributed by atoms with Crippen LogP contribution in [-0.4, -0.2) is 44.6 Å². The van der Waals surface area contributed by atoms with Crippen molar-refractivity contribution in [1.29, 1.82) is 0 Å². The largest absolute Gasteiger partial charge is 0.494 e. The minimum absolute atomic E-state index is 0.129. The van der Waals surface area contributed by atoms with Gasteiger partial charge in [-0.1, -0.05) is 6.07 Å². The van der Waals surface area contributed by atoms with Crippen molar-refractivity contribution in [3.8, 4) is 5.75 Å². The Hall–Kier alpha value is -1.27. The van der Waals surface area contributed by atoms with Gasteiger partial charge in [0.05, 0.1) is 7.11 Å². The van der Waals surface area contributed by atoms with Crippen LogP contribution < -0.4 is 10.1 Å². The lowest BCUT2D eigenvalue weighted by Crippen LogP contribution is -2.45. The average molecular weight is 288 g/mol. The summed E-state index contributed by atoms with van der Waals surface area (Å²) < 4.78 is 44.3. The molecule has 0 radical (unpaired) electrons. The molecular weight excluding hydrogens is 269 g/mol. The number of hydrogen-bond acceptors (Lipinski definition) is 3. The highest BCUT2D eigenvalue weighted by atomic mass is 19.3. The van der Waals surface area contributed by atoms with Crippen molar-refractivity contribution < 1.29 is 17.9 Å². The van der Waals surface area contributed by atoms with Gasteiger partial charge in [-0.3, -0.25) is 4.90 Å². The zero-order chi connectivity index (χ0) is 14.5. The number of benzene rings is 1. The van der Waals surface area contributed by atoms with Crippen LogP contribution in [0.25, 0.3) is 0 Å². The van der Waals surface area contributed by atoms with Crippen LogP contribution in [0.2, 0.25) is 0 Å². The lowest BCUT2D eigenvalue weighted by Gasteiger charge is -2.35. The van der Waals surface area contributed by atoms with Gasteiger partial charge in [-0.25, -0.2) is 13.2 Å². The van der Waals surface area contributed by atoms with E-state index in [-0.39, 0.29) is 12.2 Å². The van der Waals surface area contributed by atoms with Crippen LogP contribution in [0.5, 0.6) is 5.75 Å². The highest BCUT2D eigenvalue weighted by Crippen LogP contribution is 2.30. The maximum Gasteiger partial charge on any atom is 0.240 e. The molecule has 1 aromatic rings. The smallest absolute Gasteiger partial charge is 0.240 e. The standard InChI is InChI=1S/C14H19F3N2O/c1-20-13-3-2-10(8-11(13)15)12(9-14(16)17)19-6-4-18-5-7-19/h2-3,8,12,14,18H,4-7,9H2,1H3/t12-/m0/s1. The predicted octanol–water partition coefficient (Wildman–Crippen LogP) is 2.44. The van der Waals surface area contributed by atoms with Crippen molar-refractivity contribution in [1.82, 2.24) is 10.2 Å². The second kappa shape index (κ2) is 6.95. The Morgan fingerprint density at radius 3 is 2.55 bits per heavy atom. The molecule has 1 aromatic carbocycles. The van der Waals surface area contributed by atoms with Crippen molar-refractivity contribution in [2.24, 2.45) is 0 Å². The molecule has 0 saturated carbocycles. The molecule has 1 atom stereocenters. The van der Waals surface area contributed by atoms with E-state index in [4.69, 9.17) is 4.74 Å². The third-order valence-electron chi connectivity index (χ3n) is 3.55. The Labute approximate surface area is 116 Å². The zero-order valence-electron chi connectivity index (χ0n) is 11.4. The summed E-state index contributed by atoms with van der Waals surface area (Å²) in [5.74, 6) is -0.385. The van der Waals surface area contributed by atoms with Crippen LogP contribution in [0.1, 0.15) is 18.0 Å². The summed E-state index contributed by atoms with van der Waals surface area (Å²) in [7, 11) is 1.38. The topological polar surface area (TPSA) is 24.5 Å². The summed E-state index contributed by atoms with van der Waals surface area (Å²) in [5, 5.41) is 3.18. The first-order chi connectivity index (χ1) is 9.61. The van der Waals surface area contributed by atoms with Crippen molar-refractivity contribution >= 4 is 0 Å². The van der Waals surface area contributed by atoms with Gasteiger partial charge >= 0.3 is 0 Å². The van der Waals surface area contributed by atoms with Crippen LogP contribution in [0, 0.1) is 5.82 Å². The van der Waals surface area contributed by atoms with Gasteiger partial charge in [0, 0.05) is 38.6 Å². The Bertz CT molecular complexity index is 436. The van der Waals surface area contributed by atoms with Gasteiger partial charge in [0.15, 0.2) is 11.6 Å². The van der Waals surface area contributed by atoms with Crippen molar-refractivity contribution in [2.75, 3.05) is 33.3 Å². The third-order valence-corrected chi connectivity index (χ3v) is 3.55. The summed E-state index contributed by atoms with van der Waals surface area (Å²) in [6.45, 7) is 2.90. The maximum atomic E-state index is 13.8. The molecule has 20 heavy (non-hydrogen) atoms. The number of nitrogens with zero attached hydrogens (tertiary/aromatic N) is 1. The van der Waals surface area contributed by atoms with Gasteiger partial charge in [-0.15, -0.1) is 0 Å². The third kappa shape index (κ3) is 3.64. The van der Waals surface area contributed by atoms with Crippen molar-refractivity contribution in [3.63, 3.8) is 0 Å². The molecule has 112 valence electrons. The second-order valence-corrected chi connectivity index (χ2v) is 4.82. The average Bonchev–Trinajstić information content (AvgIpc) is 2.45. The van der Waals surface area contributed by atoms with E-state index >= 15 is 0 Å². The van der Waals surface area contributed by atoms with E-state index in [0.717, 1.165) is 13.1 Å². The molecule has 1 fully saturated rings. The first kappa shape index (κ1) is 15.1. The maximum absolute atomic E-state index is 13.8. The summed E-state index contributed by atoms with van der Waals surface area (Å²) >= 11 is 0. The molecule has 0 bridgehead atoms. The van der Waals surface area contributed by atoms with Crippen molar-refractivity contribution in [2.45, 2.75) is 18.9 Å². The minimum Gasteiger partial charge on any atom is -0.494 e. The van der Waals surface area contributed by atoms with E-state index in [0.29, 0.717) is 18.7 Å². The van der Waals surface area contributed by atoms with Gasteiger partial charge < -0.3 is 10.1 Å². The molecule has 0 aliphatic carbocycles. The number of ether oxygens (including phenoxy) is 1. The van der Waals surface area contributed by atoms with Crippen LogP contribution in [0.4, 0.5) is 13.2 Å². The number of rotatable bonds is 5. The van der Waals surface area contributed by atoms with Gasteiger partial charge in [0.2, 0.25) is 6.43 Å². The summed E-state index contributed by atoms with van der Waals surface area (Å²) in [6.07, 6.45) is -2.70. The number of piperazine rings is 1. The molecule has 0 aromatic heterocycles. The Morgan fingerprint density at radius 1 is 1.30 bits per heavy atom. The molecule has 0 spiro atoms. The number of nitrogens with one attached hydrogen (secondary N) is 1. The minimum atomic E-state index is -2.42. The van der Waals surface area contributed by atoms with Crippen LogP contribution in [-0.2, 0) is 0 Å². The molecule has 6 heteroatoms. The molecule has 1 aliphatic rings. The van der Waals surface area contributed by atoms with Gasteiger partial charge in [-0.2, -0.15) is 0 Å². The molecule has 3 nitrogen and oxygen atoms in total. The summed E-state index contributed by atoms with van der Waals surface area (Å²) in [4.78, 5) is 1.98. The Balaban J connectivity index is 2.22. The van der Waals surface area contributed by atoms with Crippen LogP contribution in [0.15, 0.2) is 18.2 Å². The Kier molecular flexibility index (Phi) is 5.25. The van der Waals surface area contributed by atoms with E-state index in [1.54, 1.807) is 6.07 Å². The second-order valence-electron chi connectivity index (χ2n) is 4.82. The summed E-state index contributed by atoms with van der Waals surface area (Å²) in [6, 6.07) is 3.99. The van der Waals surface area contributed by atoms with Crippen molar-refractivity contribution in [3.05, 3.63) is 29.6 Å².